The summed E-state index contributed by atoms with van der Waals surface area (Å²) in [5.41, 5.74) is 0.520. The number of hydrogen-bond donors (Lipinski definition) is 1. The molecule has 0 aliphatic rings. The van der Waals surface area contributed by atoms with Crippen molar-refractivity contribution in [1.82, 2.24) is 0 Å². The number of halogens is 1. The third-order valence-corrected chi connectivity index (χ3v) is 3.20. The van der Waals surface area contributed by atoms with E-state index >= 15 is 0 Å². The smallest absolute Gasteiger partial charge is 0.271 e. The molecule has 0 saturated carbocycles. The quantitative estimate of drug-likeness (QED) is 0.778. The molecule has 0 amide bonds. The van der Waals surface area contributed by atoms with Gasteiger partial charge in [-0.05, 0) is 24.6 Å². The second-order valence-corrected chi connectivity index (χ2v) is 4.88. The molecular formula is C8H9ClO3S. The summed E-state index contributed by atoms with van der Waals surface area (Å²) in [7, 11) is -4.01. The van der Waals surface area contributed by atoms with E-state index in [1.807, 2.05) is 0 Å². The molecule has 0 heterocycles. The van der Waals surface area contributed by atoms with Crippen molar-refractivity contribution in [2.24, 2.45) is 0 Å². The molecule has 0 unspecified atom stereocenters. The van der Waals surface area contributed by atoms with Crippen molar-refractivity contribution in [2.45, 2.75) is 12.2 Å². The van der Waals surface area contributed by atoms with E-state index in [-0.39, 0.29) is 0 Å². The lowest BCUT2D eigenvalue weighted by atomic mass is 10.2. The molecule has 72 valence electrons. The van der Waals surface area contributed by atoms with Gasteiger partial charge in [-0.2, -0.15) is 8.42 Å². The second kappa shape index (κ2) is 3.65. The minimum atomic E-state index is -4.01. The third kappa shape index (κ3) is 2.69. The van der Waals surface area contributed by atoms with Crippen molar-refractivity contribution in [3.05, 3.63) is 34.9 Å². The van der Waals surface area contributed by atoms with Crippen molar-refractivity contribution < 1.29 is 13.0 Å². The van der Waals surface area contributed by atoms with E-state index in [9.17, 15) is 8.42 Å². The molecule has 1 aromatic rings. The average molecular weight is 221 g/mol. The summed E-state index contributed by atoms with van der Waals surface area (Å²) in [6, 6.07) is 6.30. The Morgan fingerprint density at radius 1 is 1.31 bits per heavy atom. The standard InChI is InChI=1S/C8H9ClO3S/c1-6(13(10,11)12)7-2-4-8(9)5-3-7/h2-6H,1H3,(H,10,11,12)/t6-/m0/s1. The fourth-order valence-corrected chi connectivity index (χ4v) is 1.53. The molecular weight excluding hydrogens is 212 g/mol. The van der Waals surface area contributed by atoms with Crippen LogP contribution in [0.2, 0.25) is 5.02 Å². The Hall–Kier alpha value is -0.580. The highest BCUT2D eigenvalue weighted by molar-refractivity contribution is 7.86. The fraction of sp³-hybridized carbons (Fsp3) is 0.250. The Kier molecular flexibility index (Phi) is 2.95. The van der Waals surface area contributed by atoms with Gasteiger partial charge in [0.1, 0.15) is 5.25 Å². The van der Waals surface area contributed by atoms with E-state index in [2.05, 4.69) is 0 Å². The molecule has 1 rings (SSSR count). The molecule has 0 saturated heterocycles. The normalized spacial score (nSPS) is 14.1. The molecule has 1 aromatic carbocycles. The molecule has 5 heteroatoms. The van der Waals surface area contributed by atoms with Crippen LogP contribution >= 0.6 is 11.6 Å². The molecule has 13 heavy (non-hydrogen) atoms. The number of hydrogen-bond acceptors (Lipinski definition) is 2. The maximum absolute atomic E-state index is 10.7. The minimum absolute atomic E-state index is 0.520. The highest BCUT2D eigenvalue weighted by Gasteiger charge is 2.18. The summed E-state index contributed by atoms with van der Waals surface area (Å²) in [5.74, 6) is 0. The van der Waals surface area contributed by atoms with Crippen LogP contribution in [0.25, 0.3) is 0 Å². The highest BCUT2D eigenvalue weighted by Crippen LogP contribution is 2.21. The lowest BCUT2D eigenvalue weighted by Gasteiger charge is -2.07. The Morgan fingerprint density at radius 3 is 2.15 bits per heavy atom. The summed E-state index contributed by atoms with van der Waals surface area (Å²) in [6.45, 7) is 1.42. The highest BCUT2D eigenvalue weighted by atomic mass is 35.5. The van der Waals surface area contributed by atoms with Crippen LogP contribution in [0.4, 0.5) is 0 Å². The van der Waals surface area contributed by atoms with Crippen LogP contribution in [-0.4, -0.2) is 13.0 Å². The zero-order valence-electron chi connectivity index (χ0n) is 6.94. The van der Waals surface area contributed by atoms with Crippen LogP contribution in [0.5, 0.6) is 0 Å². The monoisotopic (exact) mass is 220 g/mol. The van der Waals surface area contributed by atoms with E-state index in [0.717, 1.165) is 0 Å². The van der Waals surface area contributed by atoms with Crippen LogP contribution in [0.15, 0.2) is 24.3 Å². The van der Waals surface area contributed by atoms with Crippen LogP contribution in [-0.2, 0) is 10.1 Å². The summed E-state index contributed by atoms with van der Waals surface area (Å²) in [5, 5.41) is -0.379. The average Bonchev–Trinajstić information content (AvgIpc) is 2.03. The zero-order chi connectivity index (χ0) is 10.1. The van der Waals surface area contributed by atoms with Crippen LogP contribution in [0.1, 0.15) is 17.7 Å². The molecule has 3 nitrogen and oxygen atoms in total. The van der Waals surface area contributed by atoms with Crippen molar-refractivity contribution >= 4 is 21.7 Å². The molecule has 0 aliphatic carbocycles. The van der Waals surface area contributed by atoms with Crippen LogP contribution in [0.3, 0.4) is 0 Å². The first-order valence-electron chi connectivity index (χ1n) is 3.63. The number of benzene rings is 1. The molecule has 0 bridgehead atoms. The van der Waals surface area contributed by atoms with Crippen molar-refractivity contribution in [2.75, 3.05) is 0 Å². The lowest BCUT2D eigenvalue weighted by molar-refractivity contribution is 0.472. The van der Waals surface area contributed by atoms with Gasteiger partial charge in [0.15, 0.2) is 0 Å². The van der Waals surface area contributed by atoms with Crippen molar-refractivity contribution in [3.8, 4) is 0 Å². The van der Waals surface area contributed by atoms with Gasteiger partial charge in [0.25, 0.3) is 10.1 Å². The van der Waals surface area contributed by atoms with E-state index in [4.69, 9.17) is 16.2 Å². The first-order valence-corrected chi connectivity index (χ1v) is 5.51. The molecule has 0 fully saturated rings. The van der Waals surface area contributed by atoms with Gasteiger partial charge in [0, 0.05) is 5.02 Å². The van der Waals surface area contributed by atoms with Crippen molar-refractivity contribution in [3.63, 3.8) is 0 Å². The van der Waals surface area contributed by atoms with E-state index < -0.39 is 15.4 Å². The van der Waals surface area contributed by atoms with Crippen LogP contribution in [0, 0.1) is 0 Å². The van der Waals surface area contributed by atoms with Gasteiger partial charge in [-0.1, -0.05) is 23.7 Å². The molecule has 0 spiro atoms. The zero-order valence-corrected chi connectivity index (χ0v) is 8.51. The van der Waals surface area contributed by atoms with Gasteiger partial charge >= 0.3 is 0 Å². The lowest BCUT2D eigenvalue weighted by Crippen LogP contribution is -2.07. The Balaban J connectivity index is 3.04. The summed E-state index contributed by atoms with van der Waals surface area (Å²) in [4.78, 5) is 0. The van der Waals surface area contributed by atoms with Gasteiger partial charge in [0.05, 0.1) is 0 Å². The maximum Gasteiger partial charge on any atom is 0.271 e. The van der Waals surface area contributed by atoms with Gasteiger partial charge in [-0.3, -0.25) is 4.55 Å². The molecule has 0 aliphatic heterocycles. The Labute approximate surface area is 82.1 Å². The molecule has 1 atom stereocenters. The summed E-state index contributed by atoms with van der Waals surface area (Å²) < 4.78 is 30.2. The van der Waals surface area contributed by atoms with E-state index in [1.54, 1.807) is 24.3 Å². The minimum Gasteiger partial charge on any atom is -0.285 e. The first kappa shape index (κ1) is 10.5. The van der Waals surface area contributed by atoms with Crippen molar-refractivity contribution in [1.29, 1.82) is 0 Å². The Morgan fingerprint density at radius 2 is 1.77 bits per heavy atom. The molecule has 1 N–H and O–H groups in total. The van der Waals surface area contributed by atoms with Gasteiger partial charge in [-0.15, -0.1) is 0 Å². The predicted molar refractivity (Wildman–Crippen MR) is 51.4 cm³/mol. The fourth-order valence-electron chi connectivity index (χ4n) is 0.906. The second-order valence-electron chi connectivity index (χ2n) is 2.71. The maximum atomic E-state index is 10.7. The molecule has 0 aromatic heterocycles. The predicted octanol–water partition coefficient (Wildman–Crippen LogP) is 2.29. The summed E-state index contributed by atoms with van der Waals surface area (Å²) in [6.07, 6.45) is 0. The topological polar surface area (TPSA) is 54.4 Å². The van der Waals surface area contributed by atoms with Gasteiger partial charge in [0.2, 0.25) is 0 Å². The van der Waals surface area contributed by atoms with Crippen LogP contribution < -0.4 is 0 Å². The molecule has 0 radical (unpaired) electrons. The van der Waals surface area contributed by atoms with Gasteiger partial charge in [-0.25, -0.2) is 0 Å². The summed E-state index contributed by atoms with van der Waals surface area (Å²) >= 11 is 5.62. The third-order valence-electron chi connectivity index (χ3n) is 1.79. The van der Waals surface area contributed by atoms with Gasteiger partial charge < -0.3 is 0 Å². The van der Waals surface area contributed by atoms with E-state index in [0.29, 0.717) is 10.6 Å². The number of rotatable bonds is 2. The first-order chi connectivity index (χ1) is 5.91. The Bertz CT molecular complexity index is 382. The largest absolute Gasteiger partial charge is 0.285 e. The SMILES string of the molecule is C[C@@H](c1ccc(Cl)cc1)S(=O)(=O)O. The van der Waals surface area contributed by atoms with E-state index in [1.165, 1.54) is 6.92 Å².